The molecule has 10 nitrogen and oxygen atoms in total. The molecule has 1 atom stereocenters. The van der Waals surface area contributed by atoms with Crippen molar-refractivity contribution in [3.05, 3.63) is 26.0 Å². The third-order valence-electron chi connectivity index (χ3n) is 4.04. The molecule has 0 bridgehead atoms. The van der Waals surface area contributed by atoms with Gasteiger partial charge in [-0.25, -0.2) is 9.59 Å². The zero-order valence-corrected chi connectivity index (χ0v) is 20.2. The Morgan fingerprint density at radius 3 is 1.88 bits per heavy atom. The number of methoxy groups -OCH3 is 1. The molecule has 0 saturated carbocycles. The molecule has 0 heterocycles. The number of nitrogens with one attached hydrogen (secondary N) is 1. The van der Waals surface area contributed by atoms with E-state index in [9.17, 15) is 24.0 Å². The molecule has 1 aromatic carbocycles. The van der Waals surface area contributed by atoms with Gasteiger partial charge in [0, 0.05) is 6.42 Å². The number of hydrogen-bond acceptors (Lipinski definition) is 9. The second-order valence-corrected chi connectivity index (χ2v) is 9.64. The van der Waals surface area contributed by atoms with Crippen LogP contribution in [0.25, 0.3) is 0 Å². The largest absolute Gasteiger partial charge is 0.486 e. The van der Waals surface area contributed by atoms with Crippen LogP contribution in [0.4, 0.5) is 4.79 Å². The number of carbonyl (C=O) groups excluding carboxylic acids is 3. The topological polar surface area (TPSA) is 134 Å². The highest BCUT2D eigenvalue weighted by Gasteiger charge is 2.52. The molecule has 0 radical (unpaired) electrons. The summed E-state index contributed by atoms with van der Waals surface area (Å²) in [6, 6.07) is 0. The van der Waals surface area contributed by atoms with Gasteiger partial charge < -0.3 is 24.3 Å². The van der Waals surface area contributed by atoms with E-state index in [0.29, 0.717) is 0 Å². The maximum absolute atomic E-state index is 13.4. The maximum Gasteiger partial charge on any atom is 0.408 e. The molecule has 1 unspecified atom stereocenters. The summed E-state index contributed by atoms with van der Waals surface area (Å²) in [5.41, 5.74) is -6.51. The third-order valence-corrected chi connectivity index (χ3v) is 4.04. The van der Waals surface area contributed by atoms with Crippen molar-refractivity contribution < 1.29 is 33.3 Å². The molecule has 0 aliphatic rings. The van der Waals surface area contributed by atoms with Crippen LogP contribution in [0.15, 0.2) is 9.59 Å². The van der Waals surface area contributed by atoms with Gasteiger partial charge in [0.05, 0.1) is 18.8 Å². The van der Waals surface area contributed by atoms with Crippen LogP contribution in [0.2, 0.25) is 0 Å². The number of esters is 2. The van der Waals surface area contributed by atoms with E-state index in [2.05, 4.69) is 10.1 Å². The molecule has 1 N–H and O–H groups in total. The summed E-state index contributed by atoms with van der Waals surface area (Å²) in [6.07, 6.45) is -2.34. The van der Waals surface area contributed by atoms with Crippen molar-refractivity contribution in [1.82, 2.24) is 5.32 Å². The Labute approximate surface area is 187 Å². The molecule has 0 saturated heterocycles. The summed E-state index contributed by atoms with van der Waals surface area (Å²) < 4.78 is 20.9. The first-order chi connectivity index (χ1) is 14.4. The zero-order chi connectivity index (χ0) is 25.1. The van der Waals surface area contributed by atoms with Crippen molar-refractivity contribution >= 4 is 18.0 Å². The smallest absolute Gasteiger partial charge is 0.408 e. The molecule has 1 amide bonds. The minimum Gasteiger partial charge on any atom is -0.486 e. The first-order valence-electron chi connectivity index (χ1n) is 10.3. The fourth-order valence-corrected chi connectivity index (χ4v) is 2.85. The summed E-state index contributed by atoms with van der Waals surface area (Å²) >= 11 is 0. The fourth-order valence-electron chi connectivity index (χ4n) is 2.85. The molecule has 10 heteroatoms. The molecular weight excluding hydrogens is 422 g/mol. The van der Waals surface area contributed by atoms with Gasteiger partial charge >= 0.3 is 18.0 Å². The second-order valence-electron chi connectivity index (χ2n) is 9.64. The lowest BCUT2D eigenvalue weighted by molar-refractivity contribution is -0.165. The van der Waals surface area contributed by atoms with Gasteiger partial charge in [0.1, 0.15) is 11.2 Å². The predicted molar refractivity (Wildman–Crippen MR) is 115 cm³/mol. The number of ether oxygens (including phenoxy) is 4. The van der Waals surface area contributed by atoms with E-state index in [1.165, 1.54) is 0 Å². The van der Waals surface area contributed by atoms with E-state index in [1.54, 1.807) is 55.4 Å². The summed E-state index contributed by atoms with van der Waals surface area (Å²) in [6.45, 7) is 12.9. The molecule has 180 valence electrons. The highest BCUT2D eigenvalue weighted by molar-refractivity contribution is 5.89. The summed E-state index contributed by atoms with van der Waals surface area (Å²) in [4.78, 5) is 62.9. The standard InChI is InChI=1S/C22H33NO9/c1-12(2)30-17-14(15(25)16(17)26)22(11-10-13(24)29-9,18(27)31-20(3,4)5)23-19(28)32-21(6,7)8/h12H,10-11H2,1-9H3,(H,23,28). The van der Waals surface area contributed by atoms with Gasteiger partial charge in [0.25, 0.3) is 5.43 Å². The maximum atomic E-state index is 13.4. The molecule has 0 aromatic heterocycles. The van der Waals surface area contributed by atoms with Gasteiger partial charge in [-0.3, -0.25) is 14.4 Å². The van der Waals surface area contributed by atoms with Gasteiger partial charge in [0.15, 0.2) is 11.3 Å². The number of alkyl carbamates (subject to hydrolysis) is 1. The van der Waals surface area contributed by atoms with Crippen LogP contribution >= 0.6 is 0 Å². The van der Waals surface area contributed by atoms with Crippen molar-refractivity contribution in [1.29, 1.82) is 0 Å². The number of carbonyl (C=O) groups is 3. The third kappa shape index (κ3) is 6.80. The van der Waals surface area contributed by atoms with Crippen LogP contribution in [-0.4, -0.2) is 42.4 Å². The average Bonchev–Trinajstić information content (AvgIpc) is 2.61. The lowest BCUT2D eigenvalue weighted by Crippen LogP contribution is -2.60. The van der Waals surface area contributed by atoms with Crippen molar-refractivity contribution in [2.24, 2.45) is 0 Å². The predicted octanol–water partition coefficient (Wildman–Crippen LogP) is 2.08. The lowest BCUT2D eigenvalue weighted by Gasteiger charge is -2.37. The van der Waals surface area contributed by atoms with Gasteiger partial charge in [-0.1, -0.05) is 0 Å². The van der Waals surface area contributed by atoms with Crippen molar-refractivity contribution in [2.75, 3.05) is 7.11 Å². The van der Waals surface area contributed by atoms with E-state index in [-0.39, 0.29) is 17.7 Å². The minimum absolute atomic E-state index is 0.364. The van der Waals surface area contributed by atoms with Crippen LogP contribution in [0, 0.1) is 0 Å². The van der Waals surface area contributed by atoms with Gasteiger partial charge in [-0.05, 0) is 61.8 Å². The van der Waals surface area contributed by atoms with Crippen LogP contribution in [0.5, 0.6) is 5.75 Å². The van der Waals surface area contributed by atoms with Gasteiger partial charge in [-0.2, -0.15) is 0 Å². The summed E-state index contributed by atoms with van der Waals surface area (Å²) in [5.74, 6) is -2.11. The lowest BCUT2D eigenvalue weighted by atomic mass is 9.81. The van der Waals surface area contributed by atoms with Crippen molar-refractivity contribution in [3.63, 3.8) is 0 Å². The van der Waals surface area contributed by atoms with Crippen LogP contribution in [0.3, 0.4) is 0 Å². The fraction of sp³-hybridized carbons (Fsp3) is 0.682. The number of rotatable bonds is 8. The molecule has 0 aliphatic carbocycles. The molecular formula is C22H33NO9. The SMILES string of the molecule is COC(=O)CCC(NC(=O)OC(C)(C)C)(C(=O)OC(C)(C)C)c1c(OC(C)C)c(=O)c1=O. The Hall–Kier alpha value is -2.91. The van der Waals surface area contributed by atoms with E-state index >= 15 is 0 Å². The molecule has 1 rings (SSSR count). The van der Waals surface area contributed by atoms with Gasteiger partial charge in [0.2, 0.25) is 5.43 Å². The summed E-state index contributed by atoms with van der Waals surface area (Å²) in [5, 5.41) is 2.39. The Morgan fingerprint density at radius 1 is 0.906 bits per heavy atom. The number of amides is 1. The van der Waals surface area contributed by atoms with E-state index in [0.717, 1.165) is 7.11 Å². The Kier molecular flexibility index (Phi) is 8.23. The monoisotopic (exact) mass is 455 g/mol. The van der Waals surface area contributed by atoms with Crippen LogP contribution in [-0.2, 0) is 29.3 Å². The zero-order valence-electron chi connectivity index (χ0n) is 20.2. The first kappa shape index (κ1) is 27.1. The number of hydrogen-bond donors (Lipinski definition) is 1. The van der Waals surface area contributed by atoms with E-state index in [4.69, 9.17) is 14.2 Å². The minimum atomic E-state index is -2.21. The Balaban J connectivity index is 3.72. The second kappa shape index (κ2) is 9.70. The Bertz CT molecular complexity index is 927. The van der Waals surface area contributed by atoms with Crippen molar-refractivity contribution in [3.8, 4) is 5.75 Å². The molecule has 0 fully saturated rings. The molecule has 0 aliphatic heterocycles. The van der Waals surface area contributed by atoms with Gasteiger partial charge in [-0.15, -0.1) is 0 Å². The highest BCUT2D eigenvalue weighted by Crippen LogP contribution is 2.35. The van der Waals surface area contributed by atoms with Crippen LogP contribution in [0.1, 0.15) is 73.8 Å². The highest BCUT2D eigenvalue weighted by atomic mass is 16.6. The first-order valence-corrected chi connectivity index (χ1v) is 10.3. The van der Waals surface area contributed by atoms with E-state index < -0.39 is 58.2 Å². The van der Waals surface area contributed by atoms with E-state index in [1.807, 2.05) is 0 Å². The van der Waals surface area contributed by atoms with Crippen LogP contribution < -0.4 is 20.9 Å². The average molecular weight is 456 g/mol. The molecule has 0 spiro atoms. The Morgan fingerprint density at radius 2 is 1.44 bits per heavy atom. The quantitative estimate of drug-likeness (QED) is 0.355. The molecule has 1 aromatic rings. The molecule has 32 heavy (non-hydrogen) atoms. The van der Waals surface area contributed by atoms with Crippen molar-refractivity contribution in [2.45, 2.75) is 91.1 Å². The normalized spacial score (nSPS) is 13.9. The summed E-state index contributed by atoms with van der Waals surface area (Å²) in [7, 11) is 1.16.